The van der Waals surface area contributed by atoms with E-state index in [4.69, 9.17) is 4.74 Å². The highest BCUT2D eigenvalue weighted by molar-refractivity contribution is 4.50. The SMILES string of the molecule is CCOCCNCCCC(C)C. The van der Waals surface area contributed by atoms with Crippen LogP contribution in [0.4, 0.5) is 0 Å². The summed E-state index contributed by atoms with van der Waals surface area (Å²) in [6.45, 7) is 10.3. The van der Waals surface area contributed by atoms with Crippen molar-refractivity contribution in [2.75, 3.05) is 26.3 Å². The number of rotatable bonds is 8. The molecule has 0 aromatic rings. The van der Waals surface area contributed by atoms with Gasteiger partial charge in [0.25, 0.3) is 0 Å². The van der Waals surface area contributed by atoms with Gasteiger partial charge in [-0.05, 0) is 32.2 Å². The third kappa shape index (κ3) is 9.92. The predicted molar refractivity (Wildman–Crippen MR) is 53.4 cm³/mol. The number of ether oxygens (including phenoxy) is 1. The maximum atomic E-state index is 5.20. The Hall–Kier alpha value is -0.0800. The molecular weight excluding hydrogens is 150 g/mol. The van der Waals surface area contributed by atoms with Crippen LogP contribution in [0.5, 0.6) is 0 Å². The summed E-state index contributed by atoms with van der Waals surface area (Å²) in [5.74, 6) is 0.832. The lowest BCUT2D eigenvalue weighted by Crippen LogP contribution is -2.21. The molecule has 0 heterocycles. The van der Waals surface area contributed by atoms with E-state index in [0.717, 1.165) is 32.2 Å². The Kier molecular flexibility index (Phi) is 8.95. The lowest BCUT2D eigenvalue weighted by molar-refractivity contribution is 0.149. The summed E-state index contributed by atoms with van der Waals surface area (Å²) in [5, 5.41) is 3.35. The molecule has 0 rings (SSSR count). The van der Waals surface area contributed by atoms with Crippen LogP contribution in [0.1, 0.15) is 33.6 Å². The molecule has 0 radical (unpaired) electrons. The first kappa shape index (κ1) is 11.9. The Morgan fingerprint density at radius 1 is 1.25 bits per heavy atom. The fourth-order valence-electron chi connectivity index (χ4n) is 1.05. The molecule has 0 aromatic heterocycles. The van der Waals surface area contributed by atoms with Crippen LogP contribution < -0.4 is 5.32 Å². The zero-order valence-corrected chi connectivity index (χ0v) is 8.73. The van der Waals surface area contributed by atoms with E-state index < -0.39 is 0 Å². The lowest BCUT2D eigenvalue weighted by atomic mass is 10.1. The minimum absolute atomic E-state index is 0.827. The van der Waals surface area contributed by atoms with E-state index in [2.05, 4.69) is 19.2 Å². The summed E-state index contributed by atoms with van der Waals surface area (Å²) >= 11 is 0. The molecule has 0 unspecified atom stereocenters. The van der Waals surface area contributed by atoms with Gasteiger partial charge < -0.3 is 10.1 Å². The van der Waals surface area contributed by atoms with E-state index in [-0.39, 0.29) is 0 Å². The van der Waals surface area contributed by atoms with Crippen molar-refractivity contribution >= 4 is 0 Å². The third-order valence-corrected chi connectivity index (χ3v) is 1.76. The highest BCUT2D eigenvalue weighted by atomic mass is 16.5. The van der Waals surface area contributed by atoms with Crippen LogP contribution in [0, 0.1) is 5.92 Å². The average molecular weight is 173 g/mol. The Labute approximate surface area is 76.7 Å². The van der Waals surface area contributed by atoms with Crippen LogP contribution in [0.2, 0.25) is 0 Å². The molecule has 2 heteroatoms. The molecule has 0 aliphatic carbocycles. The van der Waals surface area contributed by atoms with Gasteiger partial charge in [-0.15, -0.1) is 0 Å². The van der Waals surface area contributed by atoms with Crippen molar-refractivity contribution in [3.05, 3.63) is 0 Å². The summed E-state index contributed by atoms with van der Waals surface area (Å²) in [5.41, 5.74) is 0. The molecule has 1 N–H and O–H groups in total. The van der Waals surface area contributed by atoms with Gasteiger partial charge in [0.15, 0.2) is 0 Å². The minimum Gasteiger partial charge on any atom is -0.380 e. The molecule has 74 valence electrons. The van der Waals surface area contributed by atoms with Gasteiger partial charge in [0.1, 0.15) is 0 Å². The molecule has 0 atom stereocenters. The van der Waals surface area contributed by atoms with E-state index in [9.17, 15) is 0 Å². The second-order valence-electron chi connectivity index (χ2n) is 3.48. The molecule has 0 spiro atoms. The molecule has 12 heavy (non-hydrogen) atoms. The summed E-state index contributed by atoms with van der Waals surface area (Å²) in [7, 11) is 0. The first-order valence-corrected chi connectivity index (χ1v) is 5.05. The van der Waals surface area contributed by atoms with Crippen molar-refractivity contribution in [1.82, 2.24) is 5.32 Å². The quantitative estimate of drug-likeness (QED) is 0.567. The monoisotopic (exact) mass is 173 g/mol. The molecule has 0 aliphatic heterocycles. The highest BCUT2D eigenvalue weighted by Crippen LogP contribution is 2.01. The summed E-state index contributed by atoms with van der Waals surface area (Å²) in [6, 6.07) is 0. The first-order chi connectivity index (χ1) is 5.77. The number of hydrogen-bond acceptors (Lipinski definition) is 2. The van der Waals surface area contributed by atoms with Crippen molar-refractivity contribution in [2.45, 2.75) is 33.6 Å². The Balaban J connectivity index is 2.82. The van der Waals surface area contributed by atoms with Crippen LogP contribution in [0.25, 0.3) is 0 Å². The second-order valence-corrected chi connectivity index (χ2v) is 3.48. The van der Waals surface area contributed by atoms with Gasteiger partial charge in [-0.25, -0.2) is 0 Å². The van der Waals surface area contributed by atoms with Crippen molar-refractivity contribution in [3.8, 4) is 0 Å². The average Bonchev–Trinajstić information content (AvgIpc) is 2.02. The van der Waals surface area contributed by atoms with Crippen molar-refractivity contribution in [3.63, 3.8) is 0 Å². The lowest BCUT2D eigenvalue weighted by Gasteiger charge is -2.06. The smallest absolute Gasteiger partial charge is 0.0590 e. The molecule has 0 fully saturated rings. The summed E-state index contributed by atoms with van der Waals surface area (Å²) in [6.07, 6.45) is 2.60. The predicted octanol–water partition coefficient (Wildman–Crippen LogP) is 2.05. The number of hydrogen-bond donors (Lipinski definition) is 1. The normalized spacial score (nSPS) is 11.0. The van der Waals surface area contributed by atoms with Crippen LogP contribution >= 0.6 is 0 Å². The van der Waals surface area contributed by atoms with Gasteiger partial charge >= 0.3 is 0 Å². The Morgan fingerprint density at radius 2 is 2.00 bits per heavy atom. The molecule has 0 bridgehead atoms. The topological polar surface area (TPSA) is 21.3 Å². The maximum Gasteiger partial charge on any atom is 0.0590 e. The molecule has 0 aliphatic rings. The first-order valence-electron chi connectivity index (χ1n) is 5.05. The van der Waals surface area contributed by atoms with E-state index in [1.807, 2.05) is 6.92 Å². The van der Waals surface area contributed by atoms with Gasteiger partial charge in [0, 0.05) is 13.2 Å². The van der Waals surface area contributed by atoms with Crippen molar-refractivity contribution in [2.24, 2.45) is 5.92 Å². The molecule has 0 saturated carbocycles. The molecule has 0 aromatic carbocycles. The maximum absolute atomic E-state index is 5.20. The zero-order valence-electron chi connectivity index (χ0n) is 8.73. The van der Waals surface area contributed by atoms with E-state index in [1.54, 1.807) is 0 Å². The van der Waals surface area contributed by atoms with Gasteiger partial charge in [0.2, 0.25) is 0 Å². The third-order valence-electron chi connectivity index (χ3n) is 1.76. The highest BCUT2D eigenvalue weighted by Gasteiger charge is 1.92. The summed E-state index contributed by atoms with van der Waals surface area (Å²) < 4.78 is 5.20. The minimum atomic E-state index is 0.827. The van der Waals surface area contributed by atoms with Crippen LogP contribution in [0.15, 0.2) is 0 Å². The van der Waals surface area contributed by atoms with E-state index >= 15 is 0 Å². The van der Waals surface area contributed by atoms with Gasteiger partial charge in [-0.1, -0.05) is 13.8 Å². The Bertz CT molecular complexity index is 83.9. The second kappa shape index (κ2) is 9.01. The van der Waals surface area contributed by atoms with E-state index in [1.165, 1.54) is 12.8 Å². The Morgan fingerprint density at radius 3 is 2.58 bits per heavy atom. The van der Waals surface area contributed by atoms with E-state index in [0.29, 0.717) is 0 Å². The summed E-state index contributed by atoms with van der Waals surface area (Å²) in [4.78, 5) is 0. The number of nitrogens with one attached hydrogen (secondary N) is 1. The van der Waals surface area contributed by atoms with Gasteiger partial charge in [-0.2, -0.15) is 0 Å². The molecule has 0 amide bonds. The fourth-order valence-corrected chi connectivity index (χ4v) is 1.05. The van der Waals surface area contributed by atoms with Crippen LogP contribution in [-0.2, 0) is 4.74 Å². The van der Waals surface area contributed by atoms with Gasteiger partial charge in [0.05, 0.1) is 6.61 Å². The van der Waals surface area contributed by atoms with Crippen LogP contribution in [0.3, 0.4) is 0 Å². The molecule has 0 saturated heterocycles. The van der Waals surface area contributed by atoms with Gasteiger partial charge in [-0.3, -0.25) is 0 Å². The molecule has 2 nitrogen and oxygen atoms in total. The van der Waals surface area contributed by atoms with Crippen molar-refractivity contribution in [1.29, 1.82) is 0 Å². The fraction of sp³-hybridized carbons (Fsp3) is 1.00. The zero-order chi connectivity index (χ0) is 9.23. The molecular formula is C10H23NO. The van der Waals surface area contributed by atoms with Crippen LogP contribution in [-0.4, -0.2) is 26.3 Å². The largest absolute Gasteiger partial charge is 0.380 e. The standard InChI is InChI=1S/C10H23NO/c1-4-12-9-8-11-7-5-6-10(2)3/h10-11H,4-9H2,1-3H3. The van der Waals surface area contributed by atoms with Crippen molar-refractivity contribution < 1.29 is 4.74 Å².